The van der Waals surface area contributed by atoms with Gasteiger partial charge in [0.1, 0.15) is 6.04 Å². The molecule has 5 heteroatoms. The van der Waals surface area contributed by atoms with E-state index in [2.05, 4.69) is 5.32 Å². The summed E-state index contributed by atoms with van der Waals surface area (Å²) < 4.78 is 0. The number of nitrogens with one attached hydrogen (secondary N) is 1. The van der Waals surface area contributed by atoms with Gasteiger partial charge in [-0.25, -0.2) is 4.79 Å². The SMILES string of the molecule is O=C(O)C1CCCCN1C(=O)CCC1CCNC1. The number of carboxylic acids is 1. The Balaban J connectivity index is 1.83. The van der Waals surface area contributed by atoms with E-state index >= 15 is 0 Å². The highest BCUT2D eigenvalue weighted by atomic mass is 16.4. The van der Waals surface area contributed by atoms with Gasteiger partial charge in [-0.15, -0.1) is 0 Å². The van der Waals surface area contributed by atoms with E-state index < -0.39 is 12.0 Å². The maximum Gasteiger partial charge on any atom is 0.326 e. The van der Waals surface area contributed by atoms with Crippen molar-refractivity contribution >= 4 is 11.9 Å². The molecule has 18 heavy (non-hydrogen) atoms. The summed E-state index contributed by atoms with van der Waals surface area (Å²) in [6.07, 6.45) is 4.96. The molecule has 0 bridgehead atoms. The number of aliphatic carboxylic acids is 1. The van der Waals surface area contributed by atoms with Crippen LogP contribution in [0.5, 0.6) is 0 Å². The quantitative estimate of drug-likeness (QED) is 0.780. The van der Waals surface area contributed by atoms with E-state index in [4.69, 9.17) is 5.11 Å². The van der Waals surface area contributed by atoms with E-state index in [1.54, 1.807) is 4.90 Å². The van der Waals surface area contributed by atoms with Crippen molar-refractivity contribution in [2.24, 2.45) is 5.92 Å². The number of carbonyl (C=O) groups excluding carboxylic acids is 1. The summed E-state index contributed by atoms with van der Waals surface area (Å²) in [7, 11) is 0. The van der Waals surface area contributed by atoms with Crippen molar-refractivity contribution in [3.63, 3.8) is 0 Å². The first-order valence-electron chi connectivity index (χ1n) is 6.91. The molecule has 0 radical (unpaired) electrons. The predicted molar refractivity (Wildman–Crippen MR) is 67.2 cm³/mol. The summed E-state index contributed by atoms with van der Waals surface area (Å²) in [6, 6.07) is -0.590. The van der Waals surface area contributed by atoms with Gasteiger partial charge in [0.05, 0.1) is 0 Å². The molecule has 0 spiro atoms. The van der Waals surface area contributed by atoms with E-state index in [1.807, 2.05) is 0 Å². The van der Waals surface area contributed by atoms with Gasteiger partial charge in [-0.3, -0.25) is 4.79 Å². The minimum absolute atomic E-state index is 0.0222. The zero-order chi connectivity index (χ0) is 13.0. The van der Waals surface area contributed by atoms with Gasteiger partial charge in [0, 0.05) is 13.0 Å². The average Bonchev–Trinajstić information content (AvgIpc) is 2.89. The van der Waals surface area contributed by atoms with E-state index in [9.17, 15) is 9.59 Å². The van der Waals surface area contributed by atoms with Crippen LogP contribution in [-0.4, -0.2) is 47.6 Å². The molecule has 2 N–H and O–H groups in total. The van der Waals surface area contributed by atoms with Crippen LogP contribution < -0.4 is 5.32 Å². The van der Waals surface area contributed by atoms with Crippen LogP contribution >= 0.6 is 0 Å². The summed E-state index contributed by atoms with van der Waals surface area (Å²) in [4.78, 5) is 24.8. The first-order valence-corrected chi connectivity index (χ1v) is 6.91. The van der Waals surface area contributed by atoms with Gasteiger partial charge in [-0.2, -0.15) is 0 Å². The molecule has 5 nitrogen and oxygen atoms in total. The largest absolute Gasteiger partial charge is 0.480 e. The Hall–Kier alpha value is -1.10. The van der Waals surface area contributed by atoms with Gasteiger partial charge in [0.2, 0.25) is 5.91 Å². The molecule has 2 aliphatic heterocycles. The van der Waals surface area contributed by atoms with Crippen molar-refractivity contribution in [2.75, 3.05) is 19.6 Å². The lowest BCUT2D eigenvalue weighted by Crippen LogP contribution is -2.48. The Morgan fingerprint density at radius 2 is 2.11 bits per heavy atom. The minimum atomic E-state index is -0.856. The Labute approximate surface area is 108 Å². The number of likely N-dealkylation sites (tertiary alicyclic amines) is 1. The third-order valence-electron chi connectivity index (χ3n) is 4.04. The lowest BCUT2D eigenvalue weighted by Gasteiger charge is -2.33. The highest BCUT2D eigenvalue weighted by Gasteiger charge is 2.31. The van der Waals surface area contributed by atoms with Crippen LogP contribution in [0.15, 0.2) is 0 Å². The molecule has 2 unspecified atom stereocenters. The van der Waals surface area contributed by atoms with Gasteiger partial charge in [0.15, 0.2) is 0 Å². The number of amides is 1. The molecule has 0 aromatic rings. The van der Waals surface area contributed by atoms with Gasteiger partial charge in [-0.05, 0) is 51.1 Å². The fourth-order valence-electron chi connectivity index (χ4n) is 2.92. The number of hydrogen-bond donors (Lipinski definition) is 2. The van der Waals surface area contributed by atoms with E-state index in [0.717, 1.165) is 38.8 Å². The Kier molecular flexibility index (Phi) is 4.58. The lowest BCUT2D eigenvalue weighted by molar-refractivity contribution is -0.152. The predicted octanol–water partition coefficient (Wildman–Crippen LogP) is 0.842. The normalized spacial score (nSPS) is 28.3. The lowest BCUT2D eigenvalue weighted by atomic mass is 9.99. The van der Waals surface area contributed by atoms with E-state index in [1.165, 1.54) is 0 Å². The van der Waals surface area contributed by atoms with Gasteiger partial charge < -0.3 is 15.3 Å². The maximum atomic E-state index is 12.1. The molecule has 0 aromatic heterocycles. The summed E-state index contributed by atoms with van der Waals surface area (Å²) >= 11 is 0. The second-order valence-corrected chi connectivity index (χ2v) is 5.33. The molecular formula is C13H22N2O3. The summed E-state index contributed by atoms with van der Waals surface area (Å²) in [6.45, 7) is 2.65. The smallest absolute Gasteiger partial charge is 0.326 e. The van der Waals surface area contributed by atoms with E-state index in [0.29, 0.717) is 25.3 Å². The molecule has 0 aliphatic carbocycles. The molecule has 2 saturated heterocycles. The Morgan fingerprint density at radius 1 is 1.28 bits per heavy atom. The van der Waals surface area contributed by atoms with Crippen molar-refractivity contribution in [1.29, 1.82) is 0 Å². The highest BCUT2D eigenvalue weighted by molar-refractivity contribution is 5.83. The van der Waals surface area contributed by atoms with Crippen LogP contribution in [0.3, 0.4) is 0 Å². The third kappa shape index (κ3) is 3.22. The topological polar surface area (TPSA) is 69.6 Å². The van der Waals surface area contributed by atoms with Gasteiger partial charge in [-0.1, -0.05) is 0 Å². The van der Waals surface area contributed by atoms with Crippen LogP contribution in [0.2, 0.25) is 0 Å². The van der Waals surface area contributed by atoms with Gasteiger partial charge in [0.25, 0.3) is 0 Å². The van der Waals surface area contributed by atoms with Crippen molar-refractivity contribution in [1.82, 2.24) is 10.2 Å². The fourth-order valence-corrected chi connectivity index (χ4v) is 2.92. The number of rotatable bonds is 4. The second-order valence-electron chi connectivity index (χ2n) is 5.33. The Bertz CT molecular complexity index is 313. The highest BCUT2D eigenvalue weighted by Crippen LogP contribution is 2.21. The average molecular weight is 254 g/mol. The molecule has 2 fully saturated rings. The molecule has 2 atom stereocenters. The number of hydrogen-bond acceptors (Lipinski definition) is 3. The van der Waals surface area contributed by atoms with Crippen molar-refractivity contribution < 1.29 is 14.7 Å². The summed E-state index contributed by atoms with van der Waals surface area (Å²) in [5.74, 6) is -0.249. The Morgan fingerprint density at radius 3 is 2.78 bits per heavy atom. The van der Waals surface area contributed by atoms with Crippen LogP contribution in [0.4, 0.5) is 0 Å². The molecule has 0 aromatic carbocycles. The summed E-state index contributed by atoms with van der Waals surface area (Å²) in [5.41, 5.74) is 0. The summed E-state index contributed by atoms with van der Waals surface area (Å²) in [5, 5.41) is 12.4. The van der Waals surface area contributed by atoms with Crippen LogP contribution in [0.1, 0.15) is 38.5 Å². The molecular weight excluding hydrogens is 232 g/mol. The molecule has 2 heterocycles. The number of carboxylic acid groups (broad SMARTS) is 1. The van der Waals surface area contributed by atoms with Gasteiger partial charge >= 0.3 is 5.97 Å². The molecule has 0 saturated carbocycles. The van der Waals surface area contributed by atoms with Crippen molar-refractivity contribution in [3.8, 4) is 0 Å². The third-order valence-corrected chi connectivity index (χ3v) is 4.04. The zero-order valence-corrected chi connectivity index (χ0v) is 10.7. The van der Waals surface area contributed by atoms with Crippen LogP contribution in [0.25, 0.3) is 0 Å². The molecule has 1 amide bonds. The standard InChI is InChI=1S/C13H22N2O3/c16-12(5-4-10-6-7-14-9-10)15-8-2-1-3-11(15)13(17)18/h10-11,14H,1-9H2,(H,17,18). The monoisotopic (exact) mass is 254 g/mol. The fraction of sp³-hybridized carbons (Fsp3) is 0.846. The molecule has 2 aliphatic rings. The molecule has 102 valence electrons. The number of nitrogens with zero attached hydrogens (tertiary/aromatic N) is 1. The first kappa shape index (κ1) is 13.3. The number of carbonyl (C=O) groups is 2. The minimum Gasteiger partial charge on any atom is -0.480 e. The van der Waals surface area contributed by atoms with E-state index in [-0.39, 0.29) is 5.91 Å². The van der Waals surface area contributed by atoms with Crippen LogP contribution in [0, 0.1) is 5.92 Å². The molecule has 2 rings (SSSR count). The zero-order valence-electron chi connectivity index (χ0n) is 10.7. The maximum absolute atomic E-state index is 12.1. The van der Waals surface area contributed by atoms with Crippen molar-refractivity contribution in [2.45, 2.75) is 44.6 Å². The number of piperidine rings is 1. The second kappa shape index (κ2) is 6.18. The first-order chi connectivity index (χ1) is 8.68. The van der Waals surface area contributed by atoms with Crippen LogP contribution in [-0.2, 0) is 9.59 Å². The van der Waals surface area contributed by atoms with Crippen molar-refractivity contribution in [3.05, 3.63) is 0 Å².